The number of nitrogens with one attached hydrogen (secondary N) is 2. The Hall–Kier alpha value is -5.36. The molecule has 0 saturated carbocycles. The van der Waals surface area contributed by atoms with Crippen LogP contribution in [-0.2, 0) is 39.5 Å². The van der Waals surface area contributed by atoms with Gasteiger partial charge in [0.25, 0.3) is 5.91 Å². The lowest BCUT2D eigenvalue weighted by atomic mass is 10.0. The zero-order valence-corrected chi connectivity index (χ0v) is 26.5. The minimum Gasteiger partial charge on any atom is -0.461 e. The first-order valence-electron chi connectivity index (χ1n) is 15.0. The van der Waals surface area contributed by atoms with Crippen LogP contribution in [0.5, 0.6) is 0 Å². The van der Waals surface area contributed by atoms with E-state index in [9.17, 15) is 23.4 Å². The smallest absolute Gasteiger partial charge is 0.356 e. The molecule has 0 radical (unpaired) electrons. The minimum absolute atomic E-state index is 0.139. The van der Waals surface area contributed by atoms with Crippen molar-refractivity contribution in [1.82, 2.24) is 15.2 Å². The zero-order valence-electron chi connectivity index (χ0n) is 25.7. The summed E-state index contributed by atoms with van der Waals surface area (Å²) in [6.07, 6.45) is -0.816. The summed E-state index contributed by atoms with van der Waals surface area (Å²) in [5.41, 5.74) is 3.71. The van der Waals surface area contributed by atoms with Gasteiger partial charge in [-0.1, -0.05) is 78.9 Å². The van der Waals surface area contributed by atoms with Crippen LogP contribution in [-0.4, -0.2) is 68.2 Å². The largest absolute Gasteiger partial charge is 0.461 e. The lowest BCUT2D eigenvalue weighted by Crippen LogP contribution is -2.74. The number of β-lactam (4-membered cyclic amide) rings is 1. The molecule has 1 unspecified atom stereocenters. The number of amides is 2. The van der Waals surface area contributed by atoms with Gasteiger partial charge in [0, 0.05) is 29.3 Å². The number of fused-ring (bicyclic) bond motifs is 2. The van der Waals surface area contributed by atoms with Gasteiger partial charge in [0.1, 0.15) is 23.7 Å². The number of esters is 2. The number of rotatable bonds is 10. The van der Waals surface area contributed by atoms with Crippen molar-refractivity contribution in [3.8, 4) is 0 Å². The van der Waals surface area contributed by atoms with Crippen molar-refractivity contribution in [3.63, 3.8) is 0 Å². The number of benzene rings is 3. The van der Waals surface area contributed by atoms with Gasteiger partial charge in [-0.15, -0.1) is 0 Å². The summed E-state index contributed by atoms with van der Waals surface area (Å²) in [5, 5.41) is 5.62. The molecule has 3 atom stereocenters. The fourth-order valence-corrected chi connectivity index (χ4v) is 7.41. The molecule has 3 aromatic carbocycles. The normalized spacial score (nSPS) is 18.7. The average Bonchev–Trinajstić information content (AvgIpc) is 3.07. The highest BCUT2D eigenvalue weighted by Gasteiger charge is 2.57. The Morgan fingerprint density at radius 3 is 2.28 bits per heavy atom. The van der Waals surface area contributed by atoms with Crippen LogP contribution in [0.15, 0.2) is 102 Å². The van der Waals surface area contributed by atoms with E-state index in [-0.39, 0.29) is 30.2 Å². The van der Waals surface area contributed by atoms with E-state index in [1.54, 1.807) is 0 Å². The number of nitrogens with zero attached hydrogens (tertiary/aromatic N) is 2. The van der Waals surface area contributed by atoms with Gasteiger partial charge in [-0.05, 0) is 30.2 Å². The fourth-order valence-electron chi connectivity index (χ4n) is 5.74. The van der Waals surface area contributed by atoms with E-state index in [0.29, 0.717) is 16.8 Å². The predicted octanol–water partition coefficient (Wildman–Crippen LogP) is 3.52. The van der Waals surface area contributed by atoms with Crippen LogP contribution in [0.1, 0.15) is 29.8 Å². The average molecular weight is 653 g/mol. The summed E-state index contributed by atoms with van der Waals surface area (Å²) >= 11 is 0. The molecule has 2 aliphatic rings. The second kappa shape index (κ2) is 13.6. The first-order valence-corrected chi connectivity index (χ1v) is 16.4. The molecule has 0 aliphatic carbocycles. The van der Waals surface area contributed by atoms with E-state index in [2.05, 4.69) is 15.6 Å². The molecule has 0 spiro atoms. The quantitative estimate of drug-likeness (QED) is 0.194. The summed E-state index contributed by atoms with van der Waals surface area (Å²) in [6.45, 7) is 2.57. The number of para-hydroxylation sites is 1. The minimum atomic E-state index is -1.72. The maximum Gasteiger partial charge on any atom is 0.356 e. The molecule has 240 valence electrons. The monoisotopic (exact) mass is 652 g/mol. The van der Waals surface area contributed by atoms with Crippen LogP contribution >= 0.6 is 0 Å². The van der Waals surface area contributed by atoms with Crippen molar-refractivity contribution in [3.05, 3.63) is 119 Å². The van der Waals surface area contributed by atoms with Gasteiger partial charge in [-0.3, -0.25) is 28.5 Å². The third-order valence-electron chi connectivity index (χ3n) is 7.88. The number of hydrogen-bond acceptors (Lipinski definition) is 9. The molecular formula is C35H32N4O7S. The number of aryl methyl sites for hydroxylation is 1. The molecule has 2 aliphatic heterocycles. The van der Waals surface area contributed by atoms with Crippen LogP contribution in [0.25, 0.3) is 10.9 Å². The molecule has 3 heterocycles. The molecule has 1 aromatic heterocycles. The second-order valence-corrected chi connectivity index (χ2v) is 12.7. The van der Waals surface area contributed by atoms with Crippen LogP contribution in [0, 0.1) is 6.92 Å². The number of carbonyl (C=O) groups is 4. The molecule has 6 rings (SSSR count). The summed E-state index contributed by atoms with van der Waals surface area (Å²) in [6, 6.07) is 26.5. The third kappa shape index (κ3) is 6.63. The first kappa shape index (κ1) is 31.6. The second-order valence-electron chi connectivity index (χ2n) is 11.2. The molecule has 0 bridgehead atoms. The van der Waals surface area contributed by atoms with Crippen LogP contribution < -0.4 is 10.6 Å². The molecule has 4 aromatic rings. The van der Waals surface area contributed by atoms with E-state index < -0.39 is 52.1 Å². The molecule has 12 heteroatoms. The van der Waals surface area contributed by atoms with Crippen LogP contribution in [0.4, 0.5) is 5.69 Å². The topological polar surface area (TPSA) is 144 Å². The molecule has 11 nitrogen and oxygen atoms in total. The van der Waals surface area contributed by atoms with Gasteiger partial charge in [0.2, 0.25) is 5.91 Å². The Morgan fingerprint density at radius 1 is 0.979 bits per heavy atom. The lowest BCUT2D eigenvalue weighted by molar-refractivity contribution is -0.155. The molecule has 2 N–H and O–H groups in total. The molecule has 1 saturated heterocycles. The van der Waals surface area contributed by atoms with Crippen molar-refractivity contribution in [1.29, 1.82) is 0 Å². The Kier molecular flexibility index (Phi) is 9.12. The van der Waals surface area contributed by atoms with Gasteiger partial charge in [-0.2, -0.15) is 0 Å². The maximum absolute atomic E-state index is 14.0. The number of pyridine rings is 1. The lowest BCUT2D eigenvalue weighted by Gasteiger charge is -2.49. The number of anilines is 1. The van der Waals surface area contributed by atoms with Crippen molar-refractivity contribution in [2.75, 3.05) is 24.2 Å². The van der Waals surface area contributed by atoms with Gasteiger partial charge >= 0.3 is 11.9 Å². The zero-order chi connectivity index (χ0) is 33.1. The van der Waals surface area contributed by atoms with E-state index >= 15 is 0 Å². The van der Waals surface area contributed by atoms with Crippen molar-refractivity contribution in [2.45, 2.75) is 31.4 Å². The number of ether oxygens (including phenoxy) is 2. The van der Waals surface area contributed by atoms with Crippen molar-refractivity contribution >= 4 is 51.1 Å². The maximum atomic E-state index is 14.0. The number of carbonyl (C=O) groups excluding carboxylic acids is 4. The number of hydrogen-bond donors (Lipinski definition) is 2. The summed E-state index contributed by atoms with van der Waals surface area (Å²) in [4.78, 5) is 57.9. The Labute approximate surface area is 273 Å². The van der Waals surface area contributed by atoms with Crippen molar-refractivity contribution in [2.24, 2.45) is 0 Å². The predicted molar refractivity (Wildman–Crippen MR) is 175 cm³/mol. The molecule has 47 heavy (non-hydrogen) atoms. The SMILES string of the molecule is CC(=O)OCC1=C(C(=O)OC(c2ccccc2)c2ccccc2)N2C(=O)[C@@H](NC(=O)CNc3cc(C)nc4ccccc34)[C@H]2S(=O)C1. The Morgan fingerprint density at radius 2 is 1.62 bits per heavy atom. The van der Waals surface area contributed by atoms with Crippen LogP contribution in [0.3, 0.4) is 0 Å². The van der Waals surface area contributed by atoms with Gasteiger partial charge in [0.05, 0.1) is 28.6 Å². The summed E-state index contributed by atoms with van der Waals surface area (Å²) < 4.78 is 24.7. The van der Waals surface area contributed by atoms with Gasteiger partial charge in [0.15, 0.2) is 6.10 Å². The first-order chi connectivity index (χ1) is 22.7. The van der Waals surface area contributed by atoms with Gasteiger partial charge in [-0.25, -0.2) is 4.79 Å². The standard InChI is InChI=1S/C35H32N4O7S/c1-21-17-28(26-15-9-10-16-27(26)37-21)36-18-29(41)38-30-33(42)39-31(25(19-45-22(2)40)20-47(44)34(30)39)35(43)46-32(23-11-5-3-6-12-23)24-13-7-4-8-14-24/h3-17,30,32,34H,18-20H2,1-2H3,(H,36,37)(H,38,41)/t30-,34-,47?/m1/s1. The van der Waals surface area contributed by atoms with Crippen molar-refractivity contribution < 1.29 is 32.9 Å². The molecular weight excluding hydrogens is 620 g/mol. The highest BCUT2D eigenvalue weighted by Crippen LogP contribution is 2.37. The summed E-state index contributed by atoms with van der Waals surface area (Å²) in [7, 11) is -1.72. The fraction of sp³-hybridized carbons (Fsp3) is 0.229. The third-order valence-corrected chi connectivity index (χ3v) is 9.53. The van der Waals surface area contributed by atoms with E-state index in [0.717, 1.165) is 21.5 Å². The van der Waals surface area contributed by atoms with E-state index in [1.165, 1.54) is 6.92 Å². The van der Waals surface area contributed by atoms with Gasteiger partial charge < -0.3 is 20.1 Å². The number of aromatic nitrogens is 1. The molecule has 2 amide bonds. The highest BCUT2D eigenvalue weighted by atomic mass is 32.2. The van der Waals surface area contributed by atoms with E-state index in [4.69, 9.17) is 9.47 Å². The Balaban J connectivity index is 1.23. The summed E-state index contributed by atoms with van der Waals surface area (Å²) in [5.74, 6) is -2.71. The highest BCUT2D eigenvalue weighted by molar-refractivity contribution is 7.86. The van der Waals surface area contributed by atoms with E-state index in [1.807, 2.05) is 97.9 Å². The molecule has 1 fully saturated rings. The van der Waals surface area contributed by atoms with Crippen LogP contribution in [0.2, 0.25) is 0 Å². The Bertz CT molecular complexity index is 1880.